The second-order valence-corrected chi connectivity index (χ2v) is 5.11. The monoisotopic (exact) mass is 276 g/mol. The molecule has 19 heavy (non-hydrogen) atoms. The molecule has 0 spiro atoms. The molecule has 0 fully saturated rings. The lowest BCUT2D eigenvalue weighted by Crippen LogP contribution is -2.25. The molecule has 0 aliphatic carbocycles. The highest BCUT2D eigenvalue weighted by molar-refractivity contribution is 7.09. The number of anilines is 1. The number of pyridine rings is 1. The van der Waals surface area contributed by atoms with Crippen LogP contribution in [0.1, 0.15) is 21.1 Å². The zero-order valence-corrected chi connectivity index (χ0v) is 11.8. The van der Waals surface area contributed by atoms with Crippen LogP contribution in [-0.4, -0.2) is 29.5 Å². The van der Waals surface area contributed by atoms with Gasteiger partial charge in [-0.2, -0.15) is 0 Å². The third kappa shape index (κ3) is 3.75. The zero-order chi connectivity index (χ0) is 13.7. The predicted molar refractivity (Wildman–Crippen MR) is 76.7 cm³/mol. The molecule has 0 bridgehead atoms. The topological polar surface area (TPSA) is 66.9 Å². The van der Waals surface area contributed by atoms with Crippen molar-refractivity contribution in [1.82, 2.24) is 15.3 Å². The minimum absolute atomic E-state index is 0.0918. The minimum atomic E-state index is -0.0918. The van der Waals surface area contributed by atoms with Crippen LogP contribution < -0.4 is 10.6 Å². The van der Waals surface area contributed by atoms with Crippen molar-refractivity contribution in [1.29, 1.82) is 0 Å². The van der Waals surface area contributed by atoms with E-state index in [1.54, 1.807) is 36.7 Å². The first-order valence-electron chi connectivity index (χ1n) is 6.02. The molecule has 0 unspecified atom stereocenters. The molecular formula is C13H16N4OS. The highest BCUT2D eigenvalue weighted by Crippen LogP contribution is 2.08. The van der Waals surface area contributed by atoms with Gasteiger partial charge in [0.2, 0.25) is 0 Å². The summed E-state index contributed by atoms with van der Waals surface area (Å²) in [5.41, 5.74) is 1.63. The van der Waals surface area contributed by atoms with Crippen molar-refractivity contribution in [3.05, 3.63) is 40.0 Å². The van der Waals surface area contributed by atoms with Crippen LogP contribution in [0.25, 0.3) is 0 Å². The average molecular weight is 276 g/mol. The van der Waals surface area contributed by atoms with Gasteiger partial charge in [-0.05, 0) is 19.1 Å². The Labute approximate surface area is 116 Å². The molecule has 100 valence electrons. The van der Waals surface area contributed by atoms with E-state index >= 15 is 0 Å². The fraction of sp³-hybridized carbons (Fsp3) is 0.308. The second kappa shape index (κ2) is 6.29. The molecule has 0 saturated carbocycles. The maximum atomic E-state index is 11.9. The van der Waals surface area contributed by atoms with Crippen molar-refractivity contribution in [3.8, 4) is 0 Å². The molecular weight excluding hydrogens is 260 g/mol. The first kappa shape index (κ1) is 13.5. The Bertz CT molecular complexity index is 567. The van der Waals surface area contributed by atoms with E-state index in [-0.39, 0.29) is 5.91 Å². The molecule has 0 aliphatic heterocycles. The molecule has 0 radical (unpaired) electrons. The summed E-state index contributed by atoms with van der Waals surface area (Å²) in [6.45, 7) is 2.56. The normalized spacial score (nSPS) is 10.2. The summed E-state index contributed by atoms with van der Waals surface area (Å²) in [4.78, 5) is 20.3. The summed E-state index contributed by atoms with van der Waals surface area (Å²) in [5.74, 6) is 0.591. The zero-order valence-electron chi connectivity index (χ0n) is 10.9. The summed E-state index contributed by atoms with van der Waals surface area (Å²) < 4.78 is 0. The van der Waals surface area contributed by atoms with E-state index < -0.39 is 0 Å². The first-order chi connectivity index (χ1) is 9.19. The van der Waals surface area contributed by atoms with Gasteiger partial charge in [-0.15, -0.1) is 11.3 Å². The van der Waals surface area contributed by atoms with E-state index in [0.717, 1.165) is 17.1 Å². The van der Waals surface area contributed by atoms with Crippen LogP contribution in [0.15, 0.2) is 23.7 Å². The lowest BCUT2D eigenvalue weighted by Gasteiger charge is -2.05. The van der Waals surface area contributed by atoms with Crippen LogP contribution in [0, 0.1) is 6.92 Å². The number of hydrogen-bond acceptors (Lipinski definition) is 5. The lowest BCUT2D eigenvalue weighted by atomic mass is 10.2. The number of amides is 1. The Balaban J connectivity index is 1.87. The Kier molecular flexibility index (Phi) is 4.46. The molecule has 2 heterocycles. The van der Waals surface area contributed by atoms with Crippen LogP contribution in [-0.2, 0) is 6.42 Å². The van der Waals surface area contributed by atoms with Crippen molar-refractivity contribution in [2.75, 3.05) is 18.9 Å². The van der Waals surface area contributed by atoms with Crippen LogP contribution in [0.4, 0.5) is 5.82 Å². The van der Waals surface area contributed by atoms with Crippen molar-refractivity contribution in [3.63, 3.8) is 0 Å². The van der Waals surface area contributed by atoms with Gasteiger partial charge < -0.3 is 10.6 Å². The molecule has 2 rings (SSSR count). The third-order valence-electron chi connectivity index (χ3n) is 2.61. The number of aryl methyl sites for hydroxylation is 1. The van der Waals surface area contributed by atoms with Crippen LogP contribution in [0.3, 0.4) is 0 Å². The molecule has 0 saturated heterocycles. The van der Waals surface area contributed by atoms with E-state index in [4.69, 9.17) is 0 Å². The van der Waals surface area contributed by atoms with E-state index in [2.05, 4.69) is 20.6 Å². The van der Waals surface area contributed by atoms with Gasteiger partial charge in [-0.3, -0.25) is 4.79 Å². The number of rotatable bonds is 5. The van der Waals surface area contributed by atoms with E-state index in [1.165, 1.54) is 0 Å². The summed E-state index contributed by atoms with van der Waals surface area (Å²) in [5, 5.41) is 8.86. The Morgan fingerprint density at radius 2 is 2.32 bits per heavy atom. The number of hydrogen-bond donors (Lipinski definition) is 2. The first-order valence-corrected chi connectivity index (χ1v) is 6.90. The van der Waals surface area contributed by atoms with Crippen molar-refractivity contribution in [2.45, 2.75) is 13.3 Å². The van der Waals surface area contributed by atoms with Gasteiger partial charge in [0.05, 0.1) is 10.7 Å². The van der Waals surface area contributed by atoms with Gasteiger partial charge in [-0.1, -0.05) is 0 Å². The van der Waals surface area contributed by atoms with E-state index in [0.29, 0.717) is 17.9 Å². The smallest absolute Gasteiger partial charge is 0.251 e. The van der Waals surface area contributed by atoms with Crippen LogP contribution in [0.5, 0.6) is 0 Å². The number of nitrogens with one attached hydrogen (secondary N) is 2. The van der Waals surface area contributed by atoms with Gasteiger partial charge in [0.15, 0.2) is 0 Å². The van der Waals surface area contributed by atoms with Crippen LogP contribution in [0.2, 0.25) is 0 Å². The fourth-order valence-corrected chi connectivity index (χ4v) is 2.28. The molecule has 0 atom stereocenters. The number of carbonyl (C=O) groups is 1. The van der Waals surface area contributed by atoms with Gasteiger partial charge in [-0.25, -0.2) is 9.97 Å². The highest BCUT2D eigenvalue weighted by atomic mass is 32.1. The molecule has 0 aliphatic rings. The predicted octanol–water partition coefficient (Wildman–Crippen LogP) is 1.86. The summed E-state index contributed by atoms with van der Waals surface area (Å²) in [6.07, 6.45) is 2.37. The minimum Gasteiger partial charge on any atom is -0.373 e. The van der Waals surface area contributed by atoms with Crippen molar-refractivity contribution in [2.24, 2.45) is 0 Å². The quantitative estimate of drug-likeness (QED) is 0.874. The van der Waals surface area contributed by atoms with E-state index in [1.807, 2.05) is 12.3 Å². The highest BCUT2D eigenvalue weighted by Gasteiger charge is 2.06. The number of thiazole rings is 1. The number of carbonyl (C=O) groups excluding carboxylic acids is 1. The molecule has 6 heteroatoms. The van der Waals surface area contributed by atoms with Crippen LogP contribution >= 0.6 is 11.3 Å². The largest absolute Gasteiger partial charge is 0.373 e. The summed E-state index contributed by atoms with van der Waals surface area (Å²) >= 11 is 1.62. The maximum Gasteiger partial charge on any atom is 0.251 e. The molecule has 2 aromatic heterocycles. The lowest BCUT2D eigenvalue weighted by molar-refractivity contribution is 0.0954. The van der Waals surface area contributed by atoms with Crippen molar-refractivity contribution >= 4 is 23.1 Å². The van der Waals surface area contributed by atoms with Gasteiger partial charge >= 0.3 is 0 Å². The standard InChI is InChI=1S/C13H16N4OS/c1-9-17-11(8-19-9)4-6-16-13(18)10-3-5-15-12(7-10)14-2/h3,5,7-8H,4,6H2,1-2H3,(H,14,15)(H,16,18). The average Bonchev–Trinajstić information content (AvgIpc) is 2.84. The fourth-order valence-electron chi connectivity index (χ4n) is 1.64. The van der Waals surface area contributed by atoms with Gasteiger partial charge in [0.1, 0.15) is 5.82 Å². The third-order valence-corrected chi connectivity index (χ3v) is 3.43. The molecule has 2 aromatic rings. The van der Waals surface area contributed by atoms with E-state index in [9.17, 15) is 4.79 Å². The summed E-state index contributed by atoms with van der Waals surface area (Å²) in [7, 11) is 1.77. The Morgan fingerprint density at radius 1 is 1.47 bits per heavy atom. The molecule has 0 aromatic carbocycles. The maximum absolute atomic E-state index is 11.9. The van der Waals surface area contributed by atoms with Gasteiger partial charge in [0.25, 0.3) is 5.91 Å². The SMILES string of the molecule is CNc1cc(C(=O)NCCc2csc(C)n2)ccn1. The Hall–Kier alpha value is -1.95. The molecule has 5 nitrogen and oxygen atoms in total. The number of nitrogens with zero attached hydrogens (tertiary/aromatic N) is 2. The second-order valence-electron chi connectivity index (χ2n) is 4.04. The molecule has 2 N–H and O–H groups in total. The Morgan fingerprint density at radius 3 is 3.00 bits per heavy atom. The van der Waals surface area contributed by atoms with Crippen molar-refractivity contribution < 1.29 is 4.79 Å². The van der Waals surface area contributed by atoms with Gasteiger partial charge in [0, 0.05) is 37.2 Å². The molecule has 1 amide bonds. The number of aromatic nitrogens is 2. The summed E-state index contributed by atoms with van der Waals surface area (Å²) in [6, 6.07) is 3.42.